The van der Waals surface area contributed by atoms with Crippen LogP contribution in [0.4, 0.5) is 0 Å². The first-order valence-electron chi connectivity index (χ1n) is 9.16. The number of nitrogens with zero attached hydrogens (tertiary/aromatic N) is 5. The van der Waals surface area contributed by atoms with Gasteiger partial charge in [0.2, 0.25) is 0 Å². The molecule has 0 bridgehead atoms. The fourth-order valence-corrected chi connectivity index (χ4v) is 3.25. The van der Waals surface area contributed by atoms with Crippen LogP contribution in [-0.2, 0) is 25.9 Å². The van der Waals surface area contributed by atoms with Crippen molar-refractivity contribution in [3.8, 4) is 0 Å². The van der Waals surface area contributed by atoms with Crippen LogP contribution in [-0.4, -0.2) is 38.8 Å². The number of thiophene rings is 1. The molecule has 0 spiro atoms. The van der Waals surface area contributed by atoms with Crippen molar-refractivity contribution in [1.29, 1.82) is 0 Å². The minimum Gasteiger partial charge on any atom is -0.356 e. The molecule has 0 aliphatic heterocycles. The number of pyridine rings is 1. The van der Waals surface area contributed by atoms with E-state index in [1.807, 2.05) is 24.4 Å². The fraction of sp³-hybridized carbons (Fsp3) is 0.368. The van der Waals surface area contributed by atoms with E-state index in [1.165, 1.54) is 4.88 Å². The first kappa shape index (κ1) is 22.3. The molecule has 3 aromatic rings. The Labute approximate surface area is 186 Å². The molecule has 28 heavy (non-hydrogen) atoms. The molecule has 3 aromatic heterocycles. The number of aliphatic imine (C=N–C) groups is 1. The Hall–Kier alpha value is -2.01. The summed E-state index contributed by atoms with van der Waals surface area (Å²) >= 11 is 1.72. The third kappa shape index (κ3) is 7.19. The summed E-state index contributed by atoms with van der Waals surface area (Å²) in [6.45, 7) is 5.09. The molecule has 0 atom stereocenters. The van der Waals surface area contributed by atoms with E-state index >= 15 is 0 Å². The summed E-state index contributed by atoms with van der Waals surface area (Å²) in [6, 6.07) is 10.1. The summed E-state index contributed by atoms with van der Waals surface area (Å²) in [7, 11) is 0. The minimum absolute atomic E-state index is 0. The van der Waals surface area contributed by atoms with E-state index in [4.69, 9.17) is 4.99 Å². The standard InChI is InChI=1S/C19H25N7S.HI/c1-2-18-25-24-15-26(18)12-11-22-19(23-14-17-7-5-13-27-17)21-10-8-16-6-3-4-9-20-16;/h3-7,9,13,15H,2,8,10-12,14H2,1H3,(H2,21,22,23);1H. The third-order valence-corrected chi connectivity index (χ3v) is 4.89. The summed E-state index contributed by atoms with van der Waals surface area (Å²) in [6.07, 6.45) is 5.33. The first-order chi connectivity index (χ1) is 13.3. The first-order valence-corrected chi connectivity index (χ1v) is 10.0. The molecule has 3 heterocycles. The number of halogens is 1. The monoisotopic (exact) mass is 511 g/mol. The molecule has 9 heteroatoms. The molecule has 0 aliphatic carbocycles. The average Bonchev–Trinajstić information content (AvgIpc) is 3.38. The lowest BCUT2D eigenvalue weighted by molar-refractivity contribution is 0.631. The third-order valence-electron chi connectivity index (χ3n) is 4.03. The summed E-state index contributed by atoms with van der Waals surface area (Å²) < 4.78 is 2.07. The van der Waals surface area contributed by atoms with Gasteiger partial charge in [0, 0.05) is 49.2 Å². The maximum Gasteiger partial charge on any atom is 0.191 e. The topological polar surface area (TPSA) is 80.0 Å². The predicted octanol–water partition coefficient (Wildman–Crippen LogP) is 2.89. The Balaban J connectivity index is 0.00000280. The van der Waals surface area contributed by atoms with Gasteiger partial charge in [0.1, 0.15) is 12.2 Å². The van der Waals surface area contributed by atoms with Crippen molar-refractivity contribution >= 4 is 41.3 Å². The van der Waals surface area contributed by atoms with Gasteiger partial charge in [-0.1, -0.05) is 19.1 Å². The highest BCUT2D eigenvalue weighted by molar-refractivity contribution is 14.0. The quantitative estimate of drug-likeness (QED) is 0.263. The van der Waals surface area contributed by atoms with Gasteiger partial charge in [-0.3, -0.25) is 4.98 Å². The van der Waals surface area contributed by atoms with Gasteiger partial charge < -0.3 is 15.2 Å². The van der Waals surface area contributed by atoms with Crippen molar-refractivity contribution in [2.45, 2.75) is 32.9 Å². The van der Waals surface area contributed by atoms with Gasteiger partial charge in [-0.15, -0.1) is 45.5 Å². The summed E-state index contributed by atoms with van der Waals surface area (Å²) in [4.78, 5) is 10.3. The van der Waals surface area contributed by atoms with Crippen molar-refractivity contribution in [2.75, 3.05) is 13.1 Å². The van der Waals surface area contributed by atoms with Gasteiger partial charge in [-0.25, -0.2) is 4.99 Å². The lowest BCUT2D eigenvalue weighted by Gasteiger charge is -2.13. The van der Waals surface area contributed by atoms with Crippen molar-refractivity contribution in [3.63, 3.8) is 0 Å². The predicted molar refractivity (Wildman–Crippen MR) is 124 cm³/mol. The Bertz CT molecular complexity index is 818. The summed E-state index contributed by atoms with van der Waals surface area (Å²) in [5.74, 6) is 1.81. The highest BCUT2D eigenvalue weighted by Gasteiger charge is 2.03. The zero-order chi connectivity index (χ0) is 18.7. The van der Waals surface area contributed by atoms with Crippen molar-refractivity contribution < 1.29 is 0 Å². The second kappa shape index (κ2) is 12.4. The van der Waals surface area contributed by atoms with Crippen LogP contribution in [0.5, 0.6) is 0 Å². The van der Waals surface area contributed by atoms with Gasteiger partial charge in [0.15, 0.2) is 5.96 Å². The van der Waals surface area contributed by atoms with Crippen LogP contribution in [0.1, 0.15) is 23.3 Å². The second-order valence-corrected chi connectivity index (χ2v) is 7.00. The van der Waals surface area contributed by atoms with Gasteiger partial charge in [-0.05, 0) is 23.6 Å². The average molecular weight is 511 g/mol. The molecular weight excluding hydrogens is 485 g/mol. The molecule has 150 valence electrons. The van der Waals surface area contributed by atoms with Crippen LogP contribution in [0.25, 0.3) is 0 Å². The Morgan fingerprint density at radius 1 is 1.18 bits per heavy atom. The molecule has 0 aliphatic rings. The zero-order valence-electron chi connectivity index (χ0n) is 15.9. The maximum absolute atomic E-state index is 4.70. The summed E-state index contributed by atoms with van der Waals surface area (Å²) in [5.41, 5.74) is 1.07. The smallest absolute Gasteiger partial charge is 0.191 e. The molecule has 0 aromatic carbocycles. The molecule has 3 rings (SSSR count). The molecule has 0 saturated heterocycles. The van der Waals surface area contributed by atoms with Crippen LogP contribution in [0.3, 0.4) is 0 Å². The van der Waals surface area contributed by atoms with Crippen molar-refractivity contribution in [1.82, 2.24) is 30.4 Å². The molecule has 0 radical (unpaired) electrons. The van der Waals surface area contributed by atoms with E-state index in [0.717, 1.165) is 50.0 Å². The number of hydrogen-bond donors (Lipinski definition) is 2. The second-order valence-electron chi connectivity index (χ2n) is 5.96. The van der Waals surface area contributed by atoms with Crippen LogP contribution in [0.2, 0.25) is 0 Å². The van der Waals surface area contributed by atoms with E-state index in [2.05, 4.69) is 54.8 Å². The zero-order valence-corrected chi connectivity index (χ0v) is 19.1. The number of hydrogen-bond acceptors (Lipinski definition) is 5. The fourth-order valence-electron chi connectivity index (χ4n) is 2.62. The van der Waals surface area contributed by atoms with Crippen molar-refractivity contribution in [3.05, 3.63) is 64.6 Å². The van der Waals surface area contributed by atoms with E-state index in [9.17, 15) is 0 Å². The summed E-state index contributed by atoms with van der Waals surface area (Å²) in [5, 5.41) is 17.0. The Kier molecular flexibility index (Phi) is 9.91. The largest absolute Gasteiger partial charge is 0.356 e. The van der Waals surface area contributed by atoms with E-state index in [1.54, 1.807) is 17.7 Å². The number of guanidine groups is 1. The molecule has 0 amide bonds. The molecule has 7 nitrogen and oxygen atoms in total. The number of aromatic nitrogens is 4. The lowest BCUT2D eigenvalue weighted by Crippen LogP contribution is -2.40. The van der Waals surface area contributed by atoms with Gasteiger partial charge in [-0.2, -0.15) is 0 Å². The van der Waals surface area contributed by atoms with Gasteiger partial charge in [0.05, 0.1) is 6.54 Å². The molecule has 0 fully saturated rings. The van der Waals surface area contributed by atoms with Crippen LogP contribution < -0.4 is 10.6 Å². The van der Waals surface area contributed by atoms with Crippen LogP contribution in [0.15, 0.2) is 53.2 Å². The van der Waals surface area contributed by atoms with Gasteiger partial charge in [0.25, 0.3) is 0 Å². The van der Waals surface area contributed by atoms with Crippen molar-refractivity contribution in [2.24, 2.45) is 4.99 Å². The maximum atomic E-state index is 4.70. The molecule has 0 unspecified atom stereocenters. The highest BCUT2D eigenvalue weighted by Crippen LogP contribution is 2.09. The van der Waals surface area contributed by atoms with Gasteiger partial charge >= 0.3 is 0 Å². The van der Waals surface area contributed by atoms with Crippen LogP contribution in [0, 0.1) is 0 Å². The van der Waals surface area contributed by atoms with E-state index in [-0.39, 0.29) is 24.0 Å². The Morgan fingerprint density at radius 2 is 2.07 bits per heavy atom. The Morgan fingerprint density at radius 3 is 2.82 bits per heavy atom. The minimum atomic E-state index is 0. The molecule has 0 saturated carbocycles. The number of nitrogens with one attached hydrogen (secondary N) is 2. The lowest BCUT2D eigenvalue weighted by atomic mass is 10.3. The highest BCUT2D eigenvalue weighted by atomic mass is 127. The normalized spacial score (nSPS) is 11.1. The molecule has 2 N–H and O–H groups in total. The van der Waals surface area contributed by atoms with E-state index < -0.39 is 0 Å². The van der Waals surface area contributed by atoms with E-state index in [0.29, 0.717) is 6.54 Å². The number of aryl methyl sites for hydroxylation is 1. The SMILES string of the molecule is CCc1nncn1CCNC(=NCc1cccs1)NCCc1ccccn1.I. The molecular formula is C19H26IN7S. The number of rotatable bonds is 9. The van der Waals surface area contributed by atoms with Crippen LogP contribution >= 0.6 is 35.3 Å².